The molecule has 0 aromatic heterocycles. The molecule has 1 aliphatic rings. The summed E-state index contributed by atoms with van der Waals surface area (Å²) in [6, 6.07) is 6.58. The highest BCUT2D eigenvalue weighted by Crippen LogP contribution is 2.17. The van der Waals surface area contributed by atoms with Crippen molar-refractivity contribution in [1.82, 2.24) is 5.32 Å². The van der Waals surface area contributed by atoms with E-state index in [2.05, 4.69) is 15.8 Å². The molecule has 8 heteroatoms. The third kappa shape index (κ3) is 4.84. The van der Waals surface area contributed by atoms with Crippen molar-refractivity contribution in [3.63, 3.8) is 0 Å². The van der Waals surface area contributed by atoms with Gasteiger partial charge in [0, 0.05) is 18.4 Å². The molecule has 5 N–H and O–H groups in total. The number of amides is 2. The maximum absolute atomic E-state index is 11.8. The van der Waals surface area contributed by atoms with Crippen LogP contribution in [0, 0.1) is 0 Å². The third-order valence-electron chi connectivity index (χ3n) is 2.87. The standard InChI is InChI=1S/C13H18N4O4/c14-12(17-19)8-21-11-3-1-2-9(6-11)15-13(18)16-10-4-5-20-7-10/h1-3,6,10,19H,4-5,7-8H2,(H2,14,17)(H2,15,16,18). The second kappa shape index (κ2) is 7.34. The second-order valence-corrected chi connectivity index (χ2v) is 4.57. The number of benzene rings is 1. The number of rotatable bonds is 5. The van der Waals surface area contributed by atoms with Crippen LogP contribution < -0.4 is 21.1 Å². The molecule has 0 saturated carbocycles. The van der Waals surface area contributed by atoms with Crippen LogP contribution in [0.5, 0.6) is 5.75 Å². The van der Waals surface area contributed by atoms with Crippen molar-refractivity contribution in [3.8, 4) is 5.75 Å². The summed E-state index contributed by atoms with van der Waals surface area (Å²) >= 11 is 0. The van der Waals surface area contributed by atoms with Crippen LogP contribution >= 0.6 is 0 Å². The molecule has 1 atom stereocenters. The summed E-state index contributed by atoms with van der Waals surface area (Å²) in [7, 11) is 0. The molecular weight excluding hydrogens is 276 g/mol. The van der Waals surface area contributed by atoms with Gasteiger partial charge in [-0.3, -0.25) is 0 Å². The zero-order valence-corrected chi connectivity index (χ0v) is 11.4. The first-order valence-corrected chi connectivity index (χ1v) is 6.52. The molecule has 21 heavy (non-hydrogen) atoms. The Labute approximate surface area is 121 Å². The molecule has 0 spiro atoms. The van der Waals surface area contributed by atoms with Crippen molar-refractivity contribution in [2.24, 2.45) is 10.9 Å². The summed E-state index contributed by atoms with van der Waals surface area (Å²) in [4.78, 5) is 11.8. The molecule has 2 rings (SSSR count). The molecule has 1 saturated heterocycles. The first-order chi connectivity index (χ1) is 10.2. The van der Waals surface area contributed by atoms with Crippen molar-refractivity contribution < 1.29 is 19.5 Å². The topological polar surface area (TPSA) is 118 Å². The lowest BCUT2D eigenvalue weighted by Gasteiger charge is -2.12. The summed E-state index contributed by atoms with van der Waals surface area (Å²) in [5.74, 6) is 0.468. The van der Waals surface area contributed by atoms with Crippen LogP contribution in [0.2, 0.25) is 0 Å². The molecule has 0 aliphatic carbocycles. The average molecular weight is 294 g/mol. The molecule has 1 heterocycles. The number of ether oxygens (including phenoxy) is 2. The summed E-state index contributed by atoms with van der Waals surface area (Å²) in [5, 5.41) is 16.8. The predicted molar refractivity (Wildman–Crippen MR) is 76.7 cm³/mol. The molecule has 2 amide bonds. The molecule has 8 nitrogen and oxygen atoms in total. The van der Waals surface area contributed by atoms with Gasteiger partial charge in [-0.1, -0.05) is 11.2 Å². The van der Waals surface area contributed by atoms with Gasteiger partial charge in [0.15, 0.2) is 5.84 Å². The van der Waals surface area contributed by atoms with Crippen LogP contribution in [0.3, 0.4) is 0 Å². The molecule has 1 unspecified atom stereocenters. The lowest BCUT2D eigenvalue weighted by molar-refractivity contribution is 0.189. The molecular formula is C13H18N4O4. The highest BCUT2D eigenvalue weighted by atomic mass is 16.5. The van der Waals surface area contributed by atoms with Crippen molar-refractivity contribution in [2.75, 3.05) is 25.1 Å². The van der Waals surface area contributed by atoms with E-state index < -0.39 is 0 Å². The maximum Gasteiger partial charge on any atom is 0.319 e. The van der Waals surface area contributed by atoms with Gasteiger partial charge in [0.1, 0.15) is 12.4 Å². The summed E-state index contributed by atoms with van der Waals surface area (Å²) in [6.45, 7) is 1.17. The maximum atomic E-state index is 11.8. The molecule has 0 radical (unpaired) electrons. The van der Waals surface area contributed by atoms with E-state index >= 15 is 0 Å². The third-order valence-corrected chi connectivity index (χ3v) is 2.87. The number of nitrogens with two attached hydrogens (primary N) is 1. The number of hydrogen-bond acceptors (Lipinski definition) is 5. The fraction of sp³-hybridized carbons (Fsp3) is 0.385. The zero-order chi connectivity index (χ0) is 15.1. The van der Waals surface area contributed by atoms with Gasteiger partial charge < -0.3 is 31.0 Å². The van der Waals surface area contributed by atoms with E-state index in [-0.39, 0.29) is 24.5 Å². The Morgan fingerprint density at radius 1 is 1.57 bits per heavy atom. The SMILES string of the molecule is N/C(COc1cccc(NC(=O)NC2CCOC2)c1)=N/O. The van der Waals surface area contributed by atoms with E-state index in [9.17, 15) is 4.79 Å². The van der Waals surface area contributed by atoms with E-state index in [0.29, 0.717) is 24.7 Å². The minimum Gasteiger partial charge on any atom is -0.485 e. The van der Waals surface area contributed by atoms with Crippen LogP contribution in [-0.2, 0) is 4.74 Å². The van der Waals surface area contributed by atoms with E-state index in [0.717, 1.165) is 6.42 Å². The minimum atomic E-state index is -0.293. The highest BCUT2D eigenvalue weighted by molar-refractivity contribution is 5.89. The summed E-state index contributed by atoms with van der Waals surface area (Å²) in [6.07, 6.45) is 0.816. The van der Waals surface area contributed by atoms with E-state index in [4.69, 9.17) is 20.4 Å². The average Bonchev–Trinajstić information content (AvgIpc) is 2.97. The number of amidine groups is 1. The van der Waals surface area contributed by atoms with Gasteiger partial charge in [0.25, 0.3) is 0 Å². The first kappa shape index (κ1) is 14.9. The van der Waals surface area contributed by atoms with Gasteiger partial charge in [0.2, 0.25) is 0 Å². The molecule has 1 fully saturated rings. The van der Waals surface area contributed by atoms with Crippen molar-refractivity contribution in [2.45, 2.75) is 12.5 Å². The van der Waals surface area contributed by atoms with Crippen LogP contribution in [0.4, 0.5) is 10.5 Å². The number of carbonyl (C=O) groups is 1. The van der Waals surface area contributed by atoms with Crippen molar-refractivity contribution in [3.05, 3.63) is 24.3 Å². The number of oxime groups is 1. The smallest absolute Gasteiger partial charge is 0.319 e. The van der Waals surface area contributed by atoms with Gasteiger partial charge >= 0.3 is 6.03 Å². The number of anilines is 1. The molecule has 1 aromatic carbocycles. The van der Waals surface area contributed by atoms with Crippen molar-refractivity contribution in [1.29, 1.82) is 0 Å². The normalized spacial score (nSPS) is 18.3. The predicted octanol–water partition coefficient (Wildman–Crippen LogP) is 0.722. The Morgan fingerprint density at radius 2 is 2.43 bits per heavy atom. The first-order valence-electron chi connectivity index (χ1n) is 6.52. The van der Waals surface area contributed by atoms with Crippen LogP contribution in [0.15, 0.2) is 29.4 Å². The Balaban J connectivity index is 1.86. The lowest BCUT2D eigenvalue weighted by atomic mass is 10.2. The molecule has 1 aromatic rings. The fourth-order valence-corrected chi connectivity index (χ4v) is 1.85. The quantitative estimate of drug-likeness (QED) is 0.276. The van der Waals surface area contributed by atoms with Crippen LogP contribution in [-0.4, -0.2) is 42.9 Å². The van der Waals surface area contributed by atoms with Gasteiger partial charge in [0.05, 0.1) is 12.6 Å². The van der Waals surface area contributed by atoms with E-state index in [1.807, 2.05) is 0 Å². The van der Waals surface area contributed by atoms with Gasteiger partial charge in [-0.05, 0) is 18.6 Å². The summed E-state index contributed by atoms with van der Waals surface area (Å²) < 4.78 is 10.5. The monoisotopic (exact) mass is 294 g/mol. The molecule has 1 aliphatic heterocycles. The Morgan fingerprint density at radius 3 is 3.14 bits per heavy atom. The molecule has 114 valence electrons. The number of nitrogens with zero attached hydrogens (tertiary/aromatic N) is 1. The number of hydrogen-bond donors (Lipinski definition) is 4. The fourth-order valence-electron chi connectivity index (χ4n) is 1.85. The molecule has 0 bridgehead atoms. The van der Waals surface area contributed by atoms with Gasteiger partial charge in [-0.25, -0.2) is 4.79 Å². The Hall–Kier alpha value is -2.48. The second-order valence-electron chi connectivity index (χ2n) is 4.57. The highest BCUT2D eigenvalue weighted by Gasteiger charge is 2.17. The Bertz CT molecular complexity index is 515. The van der Waals surface area contributed by atoms with Crippen molar-refractivity contribution >= 4 is 17.6 Å². The minimum absolute atomic E-state index is 0.0349. The lowest BCUT2D eigenvalue weighted by Crippen LogP contribution is -2.38. The number of nitrogens with one attached hydrogen (secondary N) is 2. The summed E-state index contributed by atoms with van der Waals surface area (Å²) in [5.41, 5.74) is 5.90. The number of carbonyl (C=O) groups excluding carboxylic acids is 1. The van der Waals surface area contributed by atoms with Gasteiger partial charge in [-0.2, -0.15) is 0 Å². The van der Waals surface area contributed by atoms with E-state index in [1.165, 1.54) is 0 Å². The van der Waals surface area contributed by atoms with Gasteiger partial charge in [-0.15, -0.1) is 0 Å². The Kier molecular flexibility index (Phi) is 5.22. The van der Waals surface area contributed by atoms with Crippen LogP contribution in [0.1, 0.15) is 6.42 Å². The number of urea groups is 1. The zero-order valence-electron chi connectivity index (χ0n) is 11.4. The largest absolute Gasteiger partial charge is 0.485 e. The van der Waals surface area contributed by atoms with E-state index in [1.54, 1.807) is 24.3 Å². The van der Waals surface area contributed by atoms with Crippen LogP contribution in [0.25, 0.3) is 0 Å².